The van der Waals surface area contributed by atoms with Crippen molar-refractivity contribution in [3.05, 3.63) is 11.8 Å². The summed E-state index contributed by atoms with van der Waals surface area (Å²) in [4.78, 5) is 23.0. The molecule has 1 aromatic rings. The molecule has 6 heteroatoms. The summed E-state index contributed by atoms with van der Waals surface area (Å²) in [6, 6.07) is 2.16. The van der Waals surface area contributed by atoms with Gasteiger partial charge in [-0.25, -0.2) is 0 Å². The summed E-state index contributed by atoms with van der Waals surface area (Å²) < 4.78 is 0. The summed E-state index contributed by atoms with van der Waals surface area (Å²) >= 11 is 0. The van der Waals surface area contributed by atoms with Crippen LogP contribution in [0.2, 0.25) is 0 Å². The average molecular weight is 292 g/mol. The van der Waals surface area contributed by atoms with Gasteiger partial charge in [-0.05, 0) is 25.7 Å². The zero-order valence-corrected chi connectivity index (χ0v) is 12.9. The van der Waals surface area contributed by atoms with E-state index in [2.05, 4.69) is 20.8 Å². The van der Waals surface area contributed by atoms with Gasteiger partial charge in [0, 0.05) is 36.6 Å². The molecule has 6 nitrogen and oxygen atoms in total. The fraction of sp³-hybridized carbons (Fsp3) is 0.667. The fourth-order valence-electron chi connectivity index (χ4n) is 2.77. The lowest BCUT2D eigenvalue weighted by atomic mass is 9.78. The van der Waals surface area contributed by atoms with Crippen LogP contribution < -0.4 is 10.6 Å². The summed E-state index contributed by atoms with van der Waals surface area (Å²) in [5.74, 6) is 1.06. The van der Waals surface area contributed by atoms with Gasteiger partial charge in [0.25, 0.3) is 0 Å². The molecule has 1 fully saturated rings. The molecule has 0 aromatic carbocycles. The maximum absolute atomic E-state index is 12.0. The first-order valence-electron chi connectivity index (χ1n) is 7.66. The monoisotopic (exact) mass is 292 g/mol. The van der Waals surface area contributed by atoms with Gasteiger partial charge in [-0.2, -0.15) is 5.10 Å². The van der Waals surface area contributed by atoms with E-state index >= 15 is 0 Å². The topological polar surface area (TPSA) is 86.9 Å². The fourth-order valence-corrected chi connectivity index (χ4v) is 2.77. The van der Waals surface area contributed by atoms with Crippen molar-refractivity contribution in [2.24, 2.45) is 5.92 Å². The van der Waals surface area contributed by atoms with Gasteiger partial charge in [0.2, 0.25) is 11.8 Å². The van der Waals surface area contributed by atoms with Gasteiger partial charge in [0.05, 0.1) is 0 Å². The molecule has 0 bridgehead atoms. The van der Waals surface area contributed by atoms with E-state index in [-0.39, 0.29) is 23.8 Å². The number of aromatic amines is 1. The lowest BCUT2D eigenvalue weighted by Crippen LogP contribution is -2.42. The quantitative estimate of drug-likeness (QED) is 0.751. The number of nitrogens with one attached hydrogen (secondary N) is 3. The molecule has 21 heavy (non-hydrogen) atoms. The van der Waals surface area contributed by atoms with Crippen LogP contribution >= 0.6 is 0 Å². The van der Waals surface area contributed by atoms with Gasteiger partial charge in [-0.3, -0.25) is 14.7 Å². The molecule has 1 saturated carbocycles. The standard InChI is InChI=1S/C15H24N4O2/c1-4-10(5-2)15(21)17-14-8-13(18-19-14)11-6-12(7-11)16-9(3)20/h8,10-12H,4-7H2,1-3H3,(H,16,20)(H2,17,18,19,21). The third-order valence-corrected chi connectivity index (χ3v) is 4.19. The Labute approximate surface area is 125 Å². The summed E-state index contributed by atoms with van der Waals surface area (Å²) in [5.41, 5.74) is 1.02. The molecule has 0 unspecified atom stereocenters. The van der Waals surface area contributed by atoms with E-state index in [1.807, 2.05) is 19.9 Å². The number of anilines is 1. The normalized spacial score (nSPS) is 21.0. The molecule has 0 atom stereocenters. The lowest BCUT2D eigenvalue weighted by Gasteiger charge is -2.34. The minimum absolute atomic E-state index is 0.0150. The van der Waals surface area contributed by atoms with Gasteiger partial charge in [-0.1, -0.05) is 13.8 Å². The number of carbonyl (C=O) groups excluding carboxylic acids is 2. The van der Waals surface area contributed by atoms with E-state index in [9.17, 15) is 9.59 Å². The van der Waals surface area contributed by atoms with Gasteiger partial charge in [0.1, 0.15) is 0 Å². The van der Waals surface area contributed by atoms with E-state index in [0.29, 0.717) is 11.7 Å². The van der Waals surface area contributed by atoms with Crippen LogP contribution in [0.3, 0.4) is 0 Å². The van der Waals surface area contributed by atoms with Crippen molar-refractivity contribution in [2.45, 2.75) is 58.4 Å². The summed E-state index contributed by atoms with van der Waals surface area (Å²) in [5, 5.41) is 12.9. The number of H-pyrrole nitrogens is 1. The second-order valence-electron chi connectivity index (χ2n) is 5.78. The van der Waals surface area contributed by atoms with Crippen LogP contribution in [0.1, 0.15) is 58.1 Å². The molecule has 1 aromatic heterocycles. The van der Waals surface area contributed by atoms with Crippen LogP contribution in [0.5, 0.6) is 0 Å². The number of rotatable bonds is 6. The second-order valence-corrected chi connectivity index (χ2v) is 5.78. The SMILES string of the molecule is CCC(CC)C(=O)Nc1cc(C2CC(NC(C)=O)C2)[nH]n1. The van der Waals surface area contributed by atoms with Crippen molar-refractivity contribution in [1.29, 1.82) is 0 Å². The van der Waals surface area contributed by atoms with Crippen molar-refractivity contribution >= 4 is 17.6 Å². The predicted octanol–water partition coefficient (Wildman–Crippen LogP) is 2.17. The highest BCUT2D eigenvalue weighted by molar-refractivity contribution is 5.91. The first-order valence-corrected chi connectivity index (χ1v) is 7.66. The van der Waals surface area contributed by atoms with E-state index in [1.165, 1.54) is 6.92 Å². The number of hydrogen-bond acceptors (Lipinski definition) is 3. The first-order chi connectivity index (χ1) is 10.0. The lowest BCUT2D eigenvalue weighted by molar-refractivity contribution is -0.121. The Hall–Kier alpha value is -1.85. The van der Waals surface area contributed by atoms with Gasteiger partial charge in [0.15, 0.2) is 5.82 Å². The number of carbonyl (C=O) groups is 2. The Bertz CT molecular complexity index is 502. The maximum Gasteiger partial charge on any atom is 0.228 e. The molecule has 2 amide bonds. The first kappa shape index (κ1) is 15.5. The number of nitrogens with zero attached hydrogens (tertiary/aromatic N) is 1. The van der Waals surface area contributed by atoms with Crippen LogP contribution in [-0.4, -0.2) is 28.1 Å². The second kappa shape index (κ2) is 6.74. The average Bonchev–Trinajstić information content (AvgIpc) is 2.82. The molecule has 1 aliphatic rings. The van der Waals surface area contributed by atoms with E-state index in [4.69, 9.17) is 0 Å². The summed E-state index contributed by atoms with van der Waals surface area (Å²) in [7, 11) is 0. The van der Waals surface area contributed by atoms with E-state index in [0.717, 1.165) is 31.4 Å². The van der Waals surface area contributed by atoms with Crippen LogP contribution in [0, 0.1) is 5.92 Å². The van der Waals surface area contributed by atoms with E-state index in [1.54, 1.807) is 0 Å². The molecule has 0 aliphatic heterocycles. The minimum atomic E-state index is 0.0150. The van der Waals surface area contributed by atoms with Gasteiger partial charge >= 0.3 is 0 Å². The van der Waals surface area contributed by atoms with Crippen LogP contribution in [0.15, 0.2) is 6.07 Å². The molecule has 0 radical (unpaired) electrons. The van der Waals surface area contributed by atoms with Gasteiger partial charge in [-0.15, -0.1) is 0 Å². The molecule has 116 valence electrons. The molecule has 0 spiro atoms. The highest BCUT2D eigenvalue weighted by atomic mass is 16.2. The molecule has 3 N–H and O–H groups in total. The Morgan fingerprint density at radius 2 is 2.05 bits per heavy atom. The molecule has 1 heterocycles. The van der Waals surface area contributed by atoms with Gasteiger partial charge < -0.3 is 10.6 Å². The highest BCUT2D eigenvalue weighted by Crippen LogP contribution is 2.36. The van der Waals surface area contributed by atoms with Crippen molar-refractivity contribution in [1.82, 2.24) is 15.5 Å². The molecule has 1 aliphatic carbocycles. The van der Waals surface area contributed by atoms with Crippen LogP contribution in [0.25, 0.3) is 0 Å². The molecular weight excluding hydrogens is 268 g/mol. The van der Waals surface area contributed by atoms with Crippen molar-refractivity contribution < 1.29 is 9.59 Å². The number of amides is 2. The third kappa shape index (κ3) is 3.83. The Balaban J connectivity index is 1.85. The third-order valence-electron chi connectivity index (χ3n) is 4.19. The molecule has 0 saturated heterocycles. The van der Waals surface area contributed by atoms with Crippen molar-refractivity contribution in [3.63, 3.8) is 0 Å². The number of aromatic nitrogens is 2. The molecule has 2 rings (SSSR count). The number of hydrogen-bond donors (Lipinski definition) is 3. The zero-order valence-electron chi connectivity index (χ0n) is 12.9. The van der Waals surface area contributed by atoms with Crippen molar-refractivity contribution in [2.75, 3.05) is 5.32 Å². The predicted molar refractivity (Wildman–Crippen MR) is 80.9 cm³/mol. The summed E-state index contributed by atoms with van der Waals surface area (Å²) in [6.45, 7) is 5.57. The molecular formula is C15H24N4O2. The Kier molecular flexibility index (Phi) is 4.98. The van der Waals surface area contributed by atoms with E-state index < -0.39 is 0 Å². The van der Waals surface area contributed by atoms with Crippen LogP contribution in [0.4, 0.5) is 5.82 Å². The highest BCUT2D eigenvalue weighted by Gasteiger charge is 2.32. The largest absolute Gasteiger partial charge is 0.354 e. The smallest absolute Gasteiger partial charge is 0.228 e. The summed E-state index contributed by atoms with van der Waals surface area (Å²) in [6.07, 6.45) is 3.50. The zero-order chi connectivity index (χ0) is 15.4. The maximum atomic E-state index is 12.0. The Morgan fingerprint density at radius 3 is 2.62 bits per heavy atom. The van der Waals surface area contributed by atoms with Crippen LogP contribution in [-0.2, 0) is 9.59 Å². The minimum Gasteiger partial charge on any atom is -0.354 e. The van der Waals surface area contributed by atoms with Crippen molar-refractivity contribution in [3.8, 4) is 0 Å². The Morgan fingerprint density at radius 1 is 1.38 bits per heavy atom.